The quantitative estimate of drug-likeness (QED) is 0.730. The lowest BCUT2D eigenvalue weighted by Crippen LogP contribution is -2.25. The fraction of sp³-hybridized carbons (Fsp3) is 0.733. The molecule has 96 valence electrons. The summed E-state index contributed by atoms with van der Waals surface area (Å²) in [6.45, 7) is 16.6. The highest BCUT2D eigenvalue weighted by Crippen LogP contribution is 2.32. The van der Waals surface area contributed by atoms with Gasteiger partial charge in [-0.15, -0.1) is 0 Å². The van der Waals surface area contributed by atoms with Crippen molar-refractivity contribution in [2.24, 2.45) is 0 Å². The summed E-state index contributed by atoms with van der Waals surface area (Å²) in [7, 11) is 0. The third-order valence-electron chi connectivity index (χ3n) is 2.75. The van der Waals surface area contributed by atoms with E-state index in [2.05, 4.69) is 51.5 Å². The maximum atomic E-state index is 8.08. The zero-order valence-electron chi connectivity index (χ0n) is 13.5. The highest BCUT2D eigenvalue weighted by Gasteiger charge is 2.27. The van der Waals surface area contributed by atoms with Gasteiger partial charge < -0.3 is 0 Å². The minimum Gasteiger partial charge on any atom is -0.241 e. The third kappa shape index (κ3) is 3.27. The van der Waals surface area contributed by atoms with Crippen LogP contribution in [0.5, 0.6) is 0 Å². The fourth-order valence-corrected chi connectivity index (χ4v) is 1.74. The molecule has 1 aromatic heterocycles. The Kier molecular flexibility index (Phi) is 3.24. The van der Waals surface area contributed by atoms with Crippen molar-refractivity contribution in [3.05, 3.63) is 23.3 Å². The molecule has 0 N–H and O–H groups in total. The minimum absolute atomic E-state index is 0.0211. The Morgan fingerprint density at radius 3 is 1.94 bits per heavy atom. The molecule has 0 aliphatic carbocycles. The zero-order valence-corrected chi connectivity index (χ0v) is 12.5. The van der Waals surface area contributed by atoms with Crippen molar-refractivity contribution in [3.63, 3.8) is 0 Å². The first-order valence-corrected chi connectivity index (χ1v) is 6.22. The molecule has 0 bridgehead atoms. The van der Waals surface area contributed by atoms with Crippen LogP contribution < -0.4 is 0 Å². The number of nitrogens with zero attached hydrogens (tertiary/aromatic N) is 2. The Balaban J connectivity index is 3.50. The molecule has 0 spiro atoms. The van der Waals surface area contributed by atoms with Gasteiger partial charge in [0.1, 0.15) is 5.82 Å². The minimum atomic E-state index is -0.754. The van der Waals surface area contributed by atoms with Gasteiger partial charge >= 0.3 is 0 Å². The van der Waals surface area contributed by atoms with Gasteiger partial charge in [0.2, 0.25) is 0 Å². The van der Waals surface area contributed by atoms with Gasteiger partial charge in [-0.2, -0.15) is 0 Å². The number of aromatic nitrogens is 2. The van der Waals surface area contributed by atoms with Crippen LogP contribution in [0.25, 0.3) is 0 Å². The van der Waals surface area contributed by atoms with Gasteiger partial charge in [0, 0.05) is 18.9 Å². The Morgan fingerprint density at radius 2 is 1.59 bits per heavy atom. The van der Waals surface area contributed by atoms with Gasteiger partial charge in [-0.05, 0) is 11.0 Å². The van der Waals surface area contributed by atoms with Crippen LogP contribution in [-0.2, 0) is 10.8 Å². The highest BCUT2D eigenvalue weighted by molar-refractivity contribution is 5.30. The van der Waals surface area contributed by atoms with Crippen LogP contribution in [0.3, 0.4) is 0 Å². The largest absolute Gasteiger partial charge is 0.241 e. The first kappa shape index (κ1) is 12.5. The topological polar surface area (TPSA) is 25.8 Å². The lowest BCUT2D eigenvalue weighted by Gasteiger charge is -2.29. The van der Waals surface area contributed by atoms with Crippen molar-refractivity contribution in [1.29, 1.82) is 0 Å². The van der Waals surface area contributed by atoms with Crippen LogP contribution in [-0.4, -0.2) is 9.97 Å². The van der Waals surface area contributed by atoms with Gasteiger partial charge in [0.15, 0.2) is 0 Å². The Morgan fingerprint density at radius 1 is 1.06 bits per heavy atom. The Labute approximate surface area is 107 Å². The zero-order chi connectivity index (χ0) is 14.4. The van der Waals surface area contributed by atoms with Crippen LogP contribution >= 0.6 is 0 Å². The Hall–Kier alpha value is -0.920. The number of hydrogen-bond donors (Lipinski definition) is 0. The van der Waals surface area contributed by atoms with E-state index in [0.717, 1.165) is 5.69 Å². The summed E-state index contributed by atoms with van der Waals surface area (Å²) in [5.74, 6) is -0.156. The van der Waals surface area contributed by atoms with E-state index >= 15 is 0 Å². The van der Waals surface area contributed by atoms with Crippen molar-refractivity contribution in [1.82, 2.24) is 9.97 Å². The van der Waals surface area contributed by atoms with Crippen molar-refractivity contribution >= 4 is 0 Å². The molecular formula is C15H26N2. The second kappa shape index (κ2) is 4.40. The predicted octanol–water partition coefficient (Wildman–Crippen LogP) is 4.20. The van der Waals surface area contributed by atoms with Crippen LogP contribution in [0.2, 0.25) is 0 Å². The second-order valence-corrected chi connectivity index (χ2v) is 6.96. The summed E-state index contributed by atoms with van der Waals surface area (Å²) >= 11 is 0. The fourth-order valence-electron chi connectivity index (χ4n) is 1.74. The molecule has 0 atom stereocenters. The van der Waals surface area contributed by atoms with Gasteiger partial charge in [-0.25, -0.2) is 9.97 Å². The van der Waals surface area contributed by atoms with E-state index in [0.29, 0.717) is 5.82 Å². The lowest BCUT2D eigenvalue weighted by atomic mass is 9.79. The van der Waals surface area contributed by atoms with E-state index in [4.69, 9.17) is 1.37 Å². The molecule has 0 amide bonds. The molecule has 2 heteroatoms. The number of rotatable bonds is 1. The van der Waals surface area contributed by atoms with E-state index in [1.807, 2.05) is 20.0 Å². The summed E-state index contributed by atoms with van der Waals surface area (Å²) in [5.41, 5.74) is 2.21. The SMILES string of the molecule is [3H]C(C)(C)c1ncc(C(C)(C)C)c(C(C)(C)C)n1. The van der Waals surface area contributed by atoms with Gasteiger partial charge in [0.25, 0.3) is 0 Å². The first-order chi connectivity index (χ1) is 7.83. The highest BCUT2D eigenvalue weighted by atomic mass is 14.9. The summed E-state index contributed by atoms with van der Waals surface area (Å²) in [6, 6.07) is 0. The average Bonchev–Trinajstić information content (AvgIpc) is 2.12. The maximum absolute atomic E-state index is 8.08. The maximum Gasteiger partial charge on any atom is 0.131 e. The Bertz CT molecular complexity index is 431. The molecular weight excluding hydrogens is 208 g/mol. The van der Waals surface area contributed by atoms with E-state index < -0.39 is 5.89 Å². The molecule has 1 aromatic rings. The molecule has 0 aliphatic heterocycles. The molecule has 1 heterocycles. The summed E-state index contributed by atoms with van der Waals surface area (Å²) < 4.78 is 8.08. The predicted molar refractivity (Wildman–Crippen MR) is 73.5 cm³/mol. The molecule has 0 saturated carbocycles. The van der Waals surface area contributed by atoms with E-state index in [1.165, 1.54) is 5.56 Å². The smallest absolute Gasteiger partial charge is 0.131 e. The molecule has 0 fully saturated rings. The standard InChI is InChI=1S/C15H26N2/c1-10(2)13-16-9-11(14(3,4)5)12(17-13)15(6,7)8/h9-10H,1-8H3/i10T. The van der Waals surface area contributed by atoms with Gasteiger partial charge in [-0.3, -0.25) is 0 Å². The monoisotopic (exact) mass is 236 g/mol. The number of hydrogen-bond acceptors (Lipinski definition) is 2. The van der Waals surface area contributed by atoms with Gasteiger partial charge in [0.05, 0.1) is 5.69 Å². The molecule has 0 saturated heterocycles. The molecule has 0 unspecified atom stereocenters. The van der Waals surface area contributed by atoms with Crippen molar-refractivity contribution in [2.75, 3.05) is 0 Å². The normalized spacial score (nSPS) is 14.7. The van der Waals surface area contributed by atoms with E-state index in [1.54, 1.807) is 0 Å². The summed E-state index contributed by atoms with van der Waals surface area (Å²) in [6.07, 6.45) is 1.90. The molecule has 0 aliphatic rings. The molecule has 0 aromatic carbocycles. The first-order valence-electron chi connectivity index (χ1n) is 6.72. The molecule has 0 radical (unpaired) electrons. The van der Waals surface area contributed by atoms with E-state index in [9.17, 15) is 0 Å². The van der Waals surface area contributed by atoms with Crippen LogP contribution in [0.4, 0.5) is 0 Å². The lowest BCUT2D eigenvalue weighted by molar-refractivity contribution is 0.503. The average molecular weight is 236 g/mol. The van der Waals surface area contributed by atoms with Crippen LogP contribution in [0, 0.1) is 0 Å². The molecule has 17 heavy (non-hydrogen) atoms. The van der Waals surface area contributed by atoms with E-state index in [-0.39, 0.29) is 10.8 Å². The van der Waals surface area contributed by atoms with Crippen molar-refractivity contribution < 1.29 is 1.37 Å². The molecule has 2 nitrogen and oxygen atoms in total. The van der Waals surface area contributed by atoms with Crippen LogP contribution in [0.15, 0.2) is 6.20 Å². The third-order valence-corrected chi connectivity index (χ3v) is 2.75. The van der Waals surface area contributed by atoms with Crippen molar-refractivity contribution in [3.8, 4) is 0 Å². The van der Waals surface area contributed by atoms with Crippen molar-refractivity contribution in [2.45, 2.75) is 72.1 Å². The molecule has 1 rings (SSSR count). The summed E-state index contributed by atoms with van der Waals surface area (Å²) in [5, 5.41) is 0. The van der Waals surface area contributed by atoms with Crippen LogP contribution in [0.1, 0.15) is 79.7 Å². The second-order valence-electron chi connectivity index (χ2n) is 6.96. The summed E-state index contributed by atoms with van der Waals surface area (Å²) in [4.78, 5) is 9.08. The van der Waals surface area contributed by atoms with Gasteiger partial charge in [-0.1, -0.05) is 55.4 Å².